The Morgan fingerprint density at radius 1 is 1.19 bits per heavy atom. The van der Waals surface area contributed by atoms with Gasteiger partial charge in [0, 0.05) is 25.3 Å². The maximum absolute atomic E-state index is 5.81. The van der Waals surface area contributed by atoms with Gasteiger partial charge in [0.25, 0.3) is 0 Å². The van der Waals surface area contributed by atoms with Crippen LogP contribution in [0.3, 0.4) is 0 Å². The SMILES string of the molecule is CCC(CC)CN1Cc2ccc(N)cc2C1. The highest BCUT2D eigenvalue weighted by Gasteiger charge is 2.20. The molecule has 0 unspecified atom stereocenters. The highest BCUT2D eigenvalue weighted by molar-refractivity contribution is 5.46. The van der Waals surface area contributed by atoms with Gasteiger partial charge in [0.05, 0.1) is 0 Å². The Bertz CT molecular complexity index is 356. The summed E-state index contributed by atoms with van der Waals surface area (Å²) < 4.78 is 0. The largest absolute Gasteiger partial charge is 0.399 e. The van der Waals surface area contributed by atoms with E-state index < -0.39 is 0 Å². The molecule has 1 aromatic carbocycles. The molecule has 1 aliphatic rings. The van der Waals surface area contributed by atoms with Gasteiger partial charge < -0.3 is 5.73 Å². The van der Waals surface area contributed by atoms with Crippen LogP contribution >= 0.6 is 0 Å². The van der Waals surface area contributed by atoms with E-state index in [1.54, 1.807) is 0 Å². The Balaban J connectivity index is 2.00. The molecule has 1 heterocycles. The van der Waals surface area contributed by atoms with Gasteiger partial charge in [-0.15, -0.1) is 0 Å². The Morgan fingerprint density at radius 2 is 1.88 bits per heavy atom. The lowest BCUT2D eigenvalue weighted by atomic mass is 10.0. The van der Waals surface area contributed by atoms with Crippen molar-refractivity contribution in [2.24, 2.45) is 5.92 Å². The molecule has 16 heavy (non-hydrogen) atoms. The first-order valence-electron chi connectivity index (χ1n) is 6.32. The third-order valence-corrected chi connectivity index (χ3v) is 3.69. The van der Waals surface area contributed by atoms with Gasteiger partial charge in [-0.05, 0) is 29.2 Å². The summed E-state index contributed by atoms with van der Waals surface area (Å²) in [6, 6.07) is 6.32. The minimum absolute atomic E-state index is 0.839. The zero-order valence-electron chi connectivity index (χ0n) is 10.4. The summed E-state index contributed by atoms with van der Waals surface area (Å²) in [5.41, 5.74) is 9.58. The fourth-order valence-corrected chi connectivity index (χ4v) is 2.53. The lowest BCUT2D eigenvalue weighted by Crippen LogP contribution is -2.23. The van der Waals surface area contributed by atoms with Crippen LogP contribution in [-0.2, 0) is 13.1 Å². The number of hydrogen-bond acceptors (Lipinski definition) is 2. The lowest BCUT2D eigenvalue weighted by molar-refractivity contribution is 0.228. The van der Waals surface area contributed by atoms with Gasteiger partial charge in [0.2, 0.25) is 0 Å². The first-order chi connectivity index (χ1) is 7.72. The van der Waals surface area contributed by atoms with Crippen LogP contribution in [-0.4, -0.2) is 11.4 Å². The van der Waals surface area contributed by atoms with Crippen LogP contribution in [0.1, 0.15) is 37.8 Å². The molecule has 2 nitrogen and oxygen atoms in total. The van der Waals surface area contributed by atoms with E-state index in [0.717, 1.165) is 24.7 Å². The van der Waals surface area contributed by atoms with Gasteiger partial charge in [-0.25, -0.2) is 0 Å². The number of anilines is 1. The quantitative estimate of drug-likeness (QED) is 0.787. The van der Waals surface area contributed by atoms with Crippen molar-refractivity contribution in [3.63, 3.8) is 0 Å². The summed E-state index contributed by atoms with van der Waals surface area (Å²) in [4.78, 5) is 2.54. The maximum Gasteiger partial charge on any atom is 0.0317 e. The molecule has 0 atom stereocenters. The Hall–Kier alpha value is -1.02. The van der Waals surface area contributed by atoms with E-state index in [4.69, 9.17) is 5.73 Å². The number of rotatable bonds is 4. The van der Waals surface area contributed by atoms with Crippen molar-refractivity contribution in [3.8, 4) is 0 Å². The van der Waals surface area contributed by atoms with E-state index in [1.807, 2.05) is 6.07 Å². The van der Waals surface area contributed by atoms with Crippen molar-refractivity contribution in [1.29, 1.82) is 0 Å². The van der Waals surface area contributed by atoms with E-state index in [1.165, 1.54) is 30.5 Å². The van der Waals surface area contributed by atoms with Gasteiger partial charge in [0.15, 0.2) is 0 Å². The van der Waals surface area contributed by atoms with Gasteiger partial charge in [-0.2, -0.15) is 0 Å². The normalized spacial score (nSPS) is 15.7. The Labute approximate surface area is 98.4 Å². The minimum atomic E-state index is 0.839. The summed E-state index contributed by atoms with van der Waals surface area (Å²) in [7, 11) is 0. The van der Waals surface area contributed by atoms with Crippen molar-refractivity contribution in [2.45, 2.75) is 39.8 Å². The molecule has 0 amide bonds. The predicted molar refractivity (Wildman–Crippen MR) is 69.0 cm³/mol. The monoisotopic (exact) mass is 218 g/mol. The number of nitrogens with two attached hydrogens (primary N) is 1. The van der Waals surface area contributed by atoms with E-state index in [-0.39, 0.29) is 0 Å². The molecule has 0 aromatic heterocycles. The highest BCUT2D eigenvalue weighted by Crippen LogP contribution is 2.26. The van der Waals surface area contributed by atoms with Gasteiger partial charge in [-0.3, -0.25) is 4.90 Å². The third kappa shape index (κ3) is 2.38. The molecule has 2 rings (SSSR count). The van der Waals surface area contributed by atoms with Crippen molar-refractivity contribution in [1.82, 2.24) is 4.90 Å². The third-order valence-electron chi connectivity index (χ3n) is 3.69. The van der Waals surface area contributed by atoms with Crippen LogP contribution in [0, 0.1) is 5.92 Å². The Kier molecular flexibility index (Phi) is 3.49. The predicted octanol–water partition coefficient (Wildman–Crippen LogP) is 3.02. The number of nitrogen functional groups attached to an aromatic ring is 1. The maximum atomic E-state index is 5.81. The van der Waals surface area contributed by atoms with Crippen LogP contribution in [0.5, 0.6) is 0 Å². The van der Waals surface area contributed by atoms with Crippen LogP contribution < -0.4 is 5.73 Å². The van der Waals surface area contributed by atoms with Crippen LogP contribution in [0.2, 0.25) is 0 Å². The van der Waals surface area contributed by atoms with Crippen LogP contribution in [0.15, 0.2) is 18.2 Å². The van der Waals surface area contributed by atoms with Crippen LogP contribution in [0.25, 0.3) is 0 Å². The molecule has 1 aliphatic heterocycles. The fourth-order valence-electron chi connectivity index (χ4n) is 2.53. The van der Waals surface area contributed by atoms with Crippen molar-refractivity contribution < 1.29 is 0 Å². The minimum Gasteiger partial charge on any atom is -0.399 e. The fraction of sp³-hybridized carbons (Fsp3) is 0.571. The van der Waals surface area contributed by atoms with E-state index in [9.17, 15) is 0 Å². The Morgan fingerprint density at radius 3 is 2.56 bits per heavy atom. The second-order valence-electron chi connectivity index (χ2n) is 4.88. The molecule has 0 fully saturated rings. The van der Waals surface area contributed by atoms with Gasteiger partial charge >= 0.3 is 0 Å². The summed E-state index contributed by atoms with van der Waals surface area (Å²) in [6.45, 7) is 7.98. The summed E-state index contributed by atoms with van der Waals surface area (Å²) in [5.74, 6) is 0.839. The number of nitrogens with zero attached hydrogens (tertiary/aromatic N) is 1. The topological polar surface area (TPSA) is 29.3 Å². The van der Waals surface area contributed by atoms with Gasteiger partial charge in [0.1, 0.15) is 0 Å². The summed E-state index contributed by atoms with van der Waals surface area (Å²) in [5, 5.41) is 0. The standard InChI is InChI=1S/C14H22N2/c1-3-11(4-2)8-16-9-12-5-6-14(15)7-13(12)10-16/h5-7,11H,3-4,8-10,15H2,1-2H3. The average molecular weight is 218 g/mol. The van der Waals surface area contributed by atoms with E-state index in [2.05, 4.69) is 30.9 Å². The second-order valence-corrected chi connectivity index (χ2v) is 4.88. The van der Waals surface area contributed by atoms with Crippen molar-refractivity contribution in [3.05, 3.63) is 29.3 Å². The summed E-state index contributed by atoms with van der Waals surface area (Å²) in [6.07, 6.45) is 2.57. The second kappa shape index (κ2) is 4.88. The van der Waals surface area contributed by atoms with E-state index in [0.29, 0.717) is 0 Å². The number of fused-ring (bicyclic) bond motifs is 1. The molecule has 0 radical (unpaired) electrons. The van der Waals surface area contributed by atoms with Gasteiger partial charge in [-0.1, -0.05) is 32.8 Å². The average Bonchev–Trinajstić information content (AvgIpc) is 2.67. The number of benzene rings is 1. The van der Waals surface area contributed by atoms with Crippen LogP contribution in [0.4, 0.5) is 5.69 Å². The molecule has 0 saturated heterocycles. The van der Waals surface area contributed by atoms with E-state index >= 15 is 0 Å². The smallest absolute Gasteiger partial charge is 0.0317 e. The molecular weight excluding hydrogens is 196 g/mol. The number of hydrogen-bond donors (Lipinski definition) is 1. The molecule has 0 bridgehead atoms. The molecule has 0 saturated carbocycles. The molecule has 2 heteroatoms. The van der Waals surface area contributed by atoms with Crippen molar-refractivity contribution in [2.75, 3.05) is 12.3 Å². The molecule has 0 aliphatic carbocycles. The van der Waals surface area contributed by atoms with Crippen molar-refractivity contribution >= 4 is 5.69 Å². The molecular formula is C14H22N2. The molecule has 88 valence electrons. The highest BCUT2D eigenvalue weighted by atomic mass is 15.1. The molecule has 0 spiro atoms. The first-order valence-corrected chi connectivity index (χ1v) is 6.32. The molecule has 1 aromatic rings. The summed E-state index contributed by atoms with van der Waals surface area (Å²) >= 11 is 0. The molecule has 2 N–H and O–H groups in total. The lowest BCUT2D eigenvalue weighted by Gasteiger charge is -2.21. The first kappa shape index (κ1) is 11.5. The zero-order chi connectivity index (χ0) is 11.5. The zero-order valence-corrected chi connectivity index (χ0v) is 10.4.